The molecule has 0 N–H and O–H groups in total. The molecule has 0 bridgehead atoms. The lowest BCUT2D eigenvalue weighted by atomic mass is 10.1. The van der Waals surface area contributed by atoms with Crippen molar-refractivity contribution >= 4 is 42.2 Å². The Labute approximate surface area is 554 Å². The number of aldehydes is 2. The number of carbonyl (C=O) groups is 7. The number of ether oxygens (including phenoxy) is 4. The Hall–Kier alpha value is -6.75. The third kappa shape index (κ3) is 100. The van der Waals surface area contributed by atoms with Crippen molar-refractivity contribution in [1.29, 1.82) is 0 Å². The van der Waals surface area contributed by atoms with Gasteiger partial charge in [0.2, 0.25) is 0 Å². The van der Waals surface area contributed by atoms with Gasteiger partial charge in [-0.2, -0.15) is 0 Å². The number of hydrogen-bond donors (Lipinski definition) is 0. The highest BCUT2D eigenvalue weighted by molar-refractivity contribution is 5.92. The molecule has 1 atom stereocenters. The topological polar surface area (TPSA) is 156 Å². The van der Waals surface area contributed by atoms with Crippen molar-refractivity contribution in [3.63, 3.8) is 0 Å². The van der Waals surface area contributed by atoms with Crippen molar-refractivity contribution < 1.29 is 52.5 Å². The fourth-order valence-electron chi connectivity index (χ4n) is 4.46. The first-order chi connectivity index (χ1) is 42.0. The minimum Gasteiger partial charge on any atom is -0.466 e. The number of allylic oxidation sites excluding steroid dienone is 18. The first-order valence-electron chi connectivity index (χ1n) is 32.1. The Bertz CT molecular complexity index is 2300. The Morgan fingerprint density at radius 2 is 0.856 bits per heavy atom. The van der Waals surface area contributed by atoms with Gasteiger partial charge in [-0.15, -0.1) is 0 Å². The summed E-state index contributed by atoms with van der Waals surface area (Å²) >= 11 is 0. The van der Waals surface area contributed by atoms with E-state index >= 15 is 0 Å². The lowest BCUT2D eigenvalue weighted by Gasteiger charge is -2.10. The smallest absolute Gasteiger partial charge is 0.333 e. The van der Waals surface area contributed by atoms with E-state index in [1.807, 2.05) is 125 Å². The summed E-state index contributed by atoms with van der Waals surface area (Å²) in [6, 6.07) is 9.64. The monoisotopic (exact) mass is 1260 g/mol. The highest BCUT2D eigenvalue weighted by Crippen LogP contribution is 2.06. The van der Waals surface area contributed by atoms with Crippen LogP contribution < -0.4 is 0 Å². The predicted molar refractivity (Wildman–Crippen MR) is 391 cm³/mol. The van der Waals surface area contributed by atoms with Crippen LogP contribution in [0.1, 0.15) is 272 Å². The highest BCUT2D eigenvalue weighted by atomic mass is 16.5. The standard InChI is InChI=1S/C12H14O2.C9H16O2.2C8H16.2C7H12O2.2C6H10O.C6H12.C5H8O.C5H10/c1-3-10(2)12(13)14-9-11-7-5-4-6-8-11;1-5-7(3)9(10)11-8(4)6-2;1-7(2)5-6-8(3)4;1-4-5-6-7-8(2)3;1-4-5-6(2)7(8)9-3;1-4-6(3)7(8)9-5-2;1-4-5(2)6(3)7;1-3-4-6(2)5-7;1-4-5-6(2)3;1-3-5(2)4-6;1-4-5(2)3/h3-8H,9H2,1-2H3;5,8H,6H2,1-4H3;5,8H,6H2,1-4H3;7H,4-6H2,1-3H3;5H,4H2,1-3H3;4H,5H2,1-3H3;4H,1-3H3;4-5H,3H2,1-2H3;5H,4H2,1-3H3;3-4H,1-2H3;4H,1-3H3/b10-3+;7-5+;;;6-5+;6-4+;5-4+;6-4+;;5-3+;. The lowest BCUT2D eigenvalue weighted by Crippen LogP contribution is -2.14. The van der Waals surface area contributed by atoms with Crippen LogP contribution in [0.15, 0.2) is 158 Å². The maximum absolute atomic E-state index is 11.3. The van der Waals surface area contributed by atoms with Crippen molar-refractivity contribution in [2.24, 2.45) is 5.92 Å². The lowest BCUT2D eigenvalue weighted by molar-refractivity contribution is -0.143. The van der Waals surface area contributed by atoms with Crippen LogP contribution >= 0.6 is 0 Å². The number of benzene rings is 1. The van der Waals surface area contributed by atoms with Crippen molar-refractivity contribution in [1.82, 2.24) is 0 Å². The molecule has 1 unspecified atom stereocenters. The van der Waals surface area contributed by atoms with E-state index in [2.05, 4.69) is 117 Å². The Morgan fingerprint density at radius 3 is 1.10 bits per heavy atom. The highest BCUT2D eigenvalue weighted by Gasteiger charge is 2.08. The number of rotatable bonds is 20. The molecule has 90 heavy (non-hydrogen) atoms. The average molecular weight is 1260 g/mol. The summed E-state index contributed by atoms with van der Waals surface area (Å²) in [5.41, 5.74) is 11.8. The fraction of sp³-hybridized carbons (Fsp3) is 0.557. The minimum atomic E-state index is -0.253. The summed E-state index contributed by atoms with van der Waals surface area (Å²) in [6.07, 6.45) is 32.1. The number of methoxy groups -OCH3 is 1. The van der Waals surface area contributed by atoms with E-state index < -0.39 is 0 Å². The molecule has 0 aliphatic carbocycles. The summed E-state index contributed by atoms with van der Waals surface area (Å²) in [4.78, 5) is 73.4. The quantitative estimate of drug-likeness (QED) is 0.0306. The van der Waals surface area contributed by atoms with Crippen LogP contribution in [0.4, 0.5) is 0 Å². The molecular formula is C79H136O11. The first-order valence-corrected chi connectivity index (χ1v) is 32.1. The molecule has 0 amide bonds. The van der Waals surface area contributed by atoms with E-state index in [-0.39, 0.29) is 35.8 Å². The third-order valence-electron chi connectivity index (χ3n) is 11.3. The van der Waals surface area contributed by atoms with Gasteiger partial charge in [0.05, 0.1) is 19.8 Å². The van der Waals surface area contributed by atoms with E-state index in [9.17, 15) is 33.6 Å². The molecule has 11 heteroatoms. The molecule has 0 saturated carbocycles. The first kappa shape index (κ1) is 105. The van der Waals surface area contributed by atoms with Crippen molar-refractivity contribution in [2.45, 2.75) is 279 Å². The number of hydrogen-bond acceptors (Lipinski definition) is 11. The van der Waals surface area contributed by atoms with Gasteiger partial charge in [-0.3, -0.25) is 14.4 Å². The molecule has 0 radical (unpaired) electrons. The van der Waals surface area contributed by atoms with Gasteiger partial charge >= 0.3 is 23.9 Å². The van der Waals surface area contributed by atoms with Gasteiger partial charge in [-0.25, -0.2) is 19.2 Å². The molecule has 0 heterocycles. The summed E-state index contributed by atoms with van der Waals surface area (Å²) in [7, 11) is 1.38. The van der Waals surface area contributed by atoms with Gasteiger partial charge in [0, 0.05) is 22.3 Å². The third-order valence-corrected chi connectivity index (χ3v) is 11.3. The second-order valence-electron chi connectivity index (χ2n) is 21.7. The minimum absolute atomic E-state index is 0.0254. The molecule has 1 aromatic rings. The average Bonchev–Trinajstić information content (AvgIpc) is 3.74. The van der Waals surface area contributed by atoms with Crippen LogP contribution in [-0.2, 0) is 59.1 Å². The molecule has 0 spiro atoms. The van der Waals surface area contributed by atoms with Gasteiger partial charge in [-0.05, 0) is 233 Å². The second kappa shape index (κ2) is 80.3. The van der Waals surface area contributed by atoms with Gasteiger partial charge < -0.3 is 18.9 Å². The summed E-state index contributed by atoms with van der Waals surface area (Å²) < 4.78 is 19.3. The molecule has 11 nitrogen and oxygen atoms in total. The maximum Gasteiger partial charge on any atom is 0.333 e. The van der Waals surface area contributed by atoms with Crippen molar-refractivity contribution in [3.05, 3.63) is 164 Å². The van der Waals surface area contributed by atoms with Gasteiger partial charge in [0.25, 0.3) is 0 Å². The van der Waals surface area contributed by atoms with E-state index in [1.54, 1.807) is 79.7 Å². The summed E-state index contributed by atoms with van der Waals surface area (Å²) in [6.45, 7) is 61.4. The van der Waals surface area contributed by atoms with Gasteiger partial charge in [0.1, 0.15) is 19.2 Å². The molecule has 0 aromatic heterocycles. The molecule has 1 aromatic carbocycles. The number of ketones is 1. The van der Waals surface area contributed by atoms with Crippen LogP contribution in [0, 0.1) is 5.92 Å². The number of esters is 4. The molecule has 0 aliphatic rings. The zero-order valence-electron chi connectivity index (χ0n) is 63.6. The second-order valence-corrected chi connectivity index (χ2v) is 21.7. The van der Waals surface area contributed by atoms with Crippen LogP contribution in [0.2, 0.25) is 0 Å². The summed E-state index contributed by atoms with van der Waals surface area (Å²) in [5.74, 6) is 0.0439. The zero-order valence-corrected chi connectivity index (χ0v) is 63.6. The van der Waals surface area contributed by atoms with Crippen LogP contribution in [-0.4, -0.2) is 62.1 Å². The number of unbranched alkanes of at least 4 members (excludes halogenated alkanes) is 2. The SMILES string of the molecule is C/C=C(\C)C(=O)OC(C)CC.C/C=C(\C)C(=O)OCC.C/C=C(\C)C(=O)OCc1ccccc1.C/C=C(\C)C(C)=O.C/C=C(\C)C=O.CC(C)=CCC(C)C.CC/C=C(\C)C(=O)OC.CC/C=C(\C)C=O.CC=C(C)C.CCC=C(C)C.CCCCC=C(C)C. The summed E-state index contributed by atoms with van der Waals surface area (Å²) in [5, 5.41) is 0. The van der Waals surface area contributed by atoms with Crippen LogP contribution in [0.5, 0.6) is 0 Å². The number of Topliss-reactive ketones (excluding diaryl/α,β-unsaturated/α-hetero) is 1. The van der Waals surface area contributed by atoms with Crippen molar-refractivity contribution in [2.75, 3.05) is 13.7 Å². The normalized spacial score (nSPS) is 10.8. The van der Waals surface area contributed by atoms with E-state index in [0.29, 0.717) is 35.5 Å². The Balaban J connectivity index is -0.0000000990. The Morgan fingerprint density at radius 1 is 0.444 bits per heavy atom. The maximum atomic E-state index is 11.3. The predicted octanol–water partition coefficient (Wildman–Crippen LogP) is 22.7. The Kier molecular flexibility index (Phi) is 93.6. The van der Waals surface area contributed by atoms with E-state index in [0.717, 1.165) is 60.0 Å². The molecule has 0 saturated heterocycles. The van der Waals surface area contributed by atoms with Gasteiger partial charge in [0.15, 0.2) is 5.78 Å². The molecule has 0 fully saturated rings. The fourth-order valence-corrected chi connectivity index (χ4v) is 4.46. The van der Waals surface area contributed by atoms with E-state index in [4.69, 9.17) is 9.47 Å². The van der Waals surface area contributed by atoms with Crippen molar-refractivity contribution in [3.8, 4) is 0 Å². The van der Waals surface area contributed by atoms with E-state index in [1.165, 1.54) is 61.5 Å². The zero-order chi connectivity index (χ0) is 72.6. The molecule has 0 aliphatic heterocycles. The molecule has 518 valence electrons. The largest absolute Gasteiger partial charge is 0.466 e. The number of carbonyl (C=O) groups excluding carboxylic acids is 7. The molecule has 1 rings (SSSR count). The van der Waals surface area contributed by atoms with Crippen LogP contribution in [0.25, 0.3) is 0 Å². The molecular weight excluding hydrogens is 1120 g/mol. The van der Waals surface area contributed by atoms with Crippen LogP contribution in [0.3, 0.4) is 0 Å². The van der Waals surface area contributed by atoms with Gasteiger partial charge in [-0.1, -0.05) is 181 Å².